The Kier molecular flexibility index (Phi) is 4.66. The van der Waals surface area contributed by atoms with Crippen molar-refractivity contribution in [2.24, 2.45) is 0 Å². The molecule has 0 atom stereocenters. The fraction of sp³-hybridized carbons (Fsp3) is 0.158. The van der Waals surface area contributed by atoms with Gasteiger partial charge in [0.25, 0.3) is 0 Å². The number of thiophene rings is 1. The van der Waals surface area contributed by atoms with E-state index in [2.05, 4.69) is 17.0 Å². The number of carbonyl (C=O) groups excluding carboxylic acids is 1. The Hall–Kier alpha value is -2.75. The Morgan fingerprint density at radius 2 is 2.04 bits per heavy atom. The van der Waals surface area contributed by atoms with Crippen molar-refractivity contribution in [3.63, 3.8) is 0 Å². The number of nitrogens with one attached hydrogen (secondary N) is 1. The van der Waals surface area contributed by atoms with E-state index in [4.69, 9.17) is 0 Å². The van der Waals surface area contributed by atoms with E-state index in [-0.39, 0.29) is 23.9 Å². The van der Waals surface area contributed by atoms with Gasteiger partial charge in [-0.3, -0.25) is 4.79 Å². The van der Waals surface area contributed by atoms with Crippen molar-refractivity contribution >= 4 is 32.3 Å². The van der Waals surface area contributed by atoms with Crippen LogP contribution in [0.2, 0.25) is 0 Å². The molecule has 1 aromatic carbocycles. The fourth-order valence-corrected chi connectivity index (χ4v) is 5.86. The number of fused-ring (bicyclic) bond motifs is 1. The molecule has 1 aliphatic rings. The highest BCUT2D eigenvalue weighted by atomic mass is 32.2. The lowest BCUT2D eigenvalue weighted by Crippen LogP contribution is -2.26. The summed E-state index contributed by atoms with van der Waals surface area (Å²) in [6.45, 7) is 5.73. The number of anilines is 1. The molecule has 1 N–H and O–H groups in total. The van der Waals surface area contributed by atoms with Crippen LogP contribution < -0.4 is 5.32 Å². The van der Waals surface area contributed by atoms with Gasteiger partial charge in [0.2, 0.25) is 15.9 Å². The first kappa shape index (κ1) is 18.6. The standard InChI is InChI=1S/C19H18N4O3S2/c1-3-18(24)21-19-9-14-11-22(12-16(14)27-19)28(25,26)17-10-20-23(13(17)2)15-7-5-4-6-8-15/h3-10H,1,11-12H2,2H3,(H,21,24). The summed E-state index contributed by atoms with van der Waals surface area (Å²) in [6.07, 6.45) is 2.61. The van der Waals surface area contributed by atoms with Crippen LogP contribution in [0.3, 0.4) is 0 Å². The average molecular weight is 415 g/mol. The summed E-state index contributed by atoms with van der Waals surface area (Å²) in [4.78, 5) is 12.6. The van der Waals surface area contributed by atoms with E-state index in [0.717, 1.165) is 16.1 Å². The highest BCUT2D eigenvalue weighted by Gasteiger charge is 2.34. The molecule has 0 unspecified atom stereocenters. The second-order valence-electron chi connectivity index (χ2n) is 6.37. The van der Waals surface area contributed by atoms with E-state index in [1.54, 1.807) is 11.6 Å². The molecular formula is C19H18N4O3S2. The minimum absolute atomic E-state index is 0.201. The van der Waals surface area contributed by atoms with Crippen LogP contribution in [0.5, 0.6) is 0 Å². The number of hydrogen-bond donors (Lipinski definition) is 1. The molecular weight excluding hydrogens is 396 g/mol. The summed E-state index contributed by atoms with van der Waals surface area (Å²) < 4.78 is 29.4. The number of carbonyl (C=O) groups is 1. The number of hydrogen-bond acceptors (Lipinski definition) is 5. The summed E-state index contributed by atoms with van der Waals surface area (Å²) >= 11 is 1.38. The minimum atomic E-state index is -3.68. The summed E-state index contributed by atoms with van der Waals surface area (Å²) in [5.41, 5.74) is 2.28. The molecule has 28 heavy (non-hydrogen) atoms. The Bertz CT molecular complexity index is 1140. The van der Waals surface area contributed by atoms with Gasteiger partial charge in [-0.15, -0.1) is 11.3 Å². The maximum atomic E-state index is 13.2. The van der Waals surface area contributed by atoms with E-state index < -0.39 is 10.0 Å². The number of rotatable bonds is 5. The molecule has 0 radical (unpaired) electrons. The first-order valence-electron chi connectivity index (χ1n) is 8.55. The van der Waals surface area contributed by atoms with Crippen LogP contribution in [0.4, 0.5) is 5.00 Å². The zero-order chi connectivity index (χ0) is 19.9. The van der Waals surface area contributed by atoms with E-state index in [1.165, 1.54) is 27.9 Å². The van der Waals surface area contributed by atoms with Gasteiger partial charge in [0, 0.05) is 18.0 Å². The molecule has 0 spiro atoms. The monoisotopic (exact) mass is 414 g/mol. The van der Waals surface area contributed by atoms with E-state index in [1.807, 2.05) is 36.4 Å². The number of amides is 1. The van der Waals surface area contributed by atoms with Gasteiger partial charge in [-0.05, 0) is 36.8 Å². The molecule has 7 nitrogen and oxygen atoms in total. The molecule has 144 valence electrons. The Labute approximate surface area is 167 Å². The molecule has 3 aromatic rings. The number of sulfonamides is 1. The summed E-state index contributed by atoms with van der Waals surface area (Å²) in [6, 6.07) is 11.2. The van der Waals surface area contributed by atoms with Crippen molar-refractivity contribution in [1.82, 2.24) is 14.1 Å². The van der Waals surface area contributed by atoms with E-state index in [0.29, 0.717) is 10.7 Å². The molecule has 0 fully saturated rings. The van der Waals surface area contributed by atoms with Crippen molar-refractivity contribution < 1.29 is 13.2 Å². The second kappa shape index (κ2) is 7.01. The van der Waals surface area contributed by atoms with Gasteiger partial charge in [0.15, 0.2) is 0 Å². The van der Waals surface area contributed by atoms with Crippen molar-refractivity contribution in [1.29, 1.82) is 0 Å². The zero-order valence-electron chi connectivity index (χ0n) is 15.1. The largest absolute Gasteiger partial charge is 0.314 e. The van der Waals surface area contributed by atoms with Crippen molar-refractivity contribution in [2.75, 3.05) is 5.32 Å². The molecule has 2 aromatic heterocycles. The van der Waals surface area contributed by atoms with Crippen molar-refractivity contribution in [3.05, 3.63) is 71.4 Å². The lowest BCUT2D eigenvalue weighted by atomic mass is 10.3. The number of benzene rings is 1. The first-order chi connectivity index (χ1) is 13.4. The summed E-state index contributed by atoms with van der Waals surface area (Å²) in [7, 11) is -3.68. The lowest BCUT2D eigenvalue weighted by molar-refractivity contribution is -0.111. The third-order valence-corrected chi connectivity index (χ3v) is 7.55. The molecule has 0 bridgehead atoms. The van der Waals surface area contributed by atoms with Crippen LogP contribution >= 0.6 is 11.3 Å². The van der Waals surface area contributed by atoms with E-state index >= 15 is 0 Å². The molecule has 1 aliphatic heterocycles. The van der Waals surface area contributed by atoms with Gasteiger partial charge in [-0.25, -0.2) is 13.1 Å². The SMILES string of the molecule is C=CC(=O)Nc1cc2c(s1)CN(S(=O)(=O)c1cnn(-c3ccccc3)c1C)C2. The van der Waals surface area contributed by atoms with Gasteiger partial charge >= 0.3 is 0 Å². The molecule has 9 heteroatoms. The molecule has 0 aliphatic carbocycles. The predicted molar refractivity (Wildman–Crippen MR) is 108 cm³/mol. The normalized spacial score (nSPS) is 14.0. The molecule has 0 saturated heterocycles. The molecule has 0 saturated carbocycles. The fourth-order valence-electron chi connectivity index (χ4n) is 3.16. The average Bonchev–Trinajstić information content (AvgIpc) is 3.35. The summed E-state index contributed by atoms with van der Waals surface area (Å²) in [5, 5.41) is 7.68. The Morgan fingerprint density at radius 3 is 2.71 bits per heavy atom. The number of para-hydroxylation sites is 1. The number of nitrogens with zero attached hydrogens (tertiary/aromatic N) is 3. The van der Waals surface area contributed by atoms with Crippen molar-refractivity contribution in [2.45, 2.75) is 24.9 Å². The van der Waals surface area contributed by atoms with Gasteiger partial charge in [0.1, 0.15) is 4.90 Å². The Morgan fingerprint density at radius 1 is 1.29 bits per heavy atom. The molecule has 4 rings (SSSR count). The molecule has 1 amide bonds. The smallest absolute Gasteiger partial charge is 0.248 e. The van der Waals surface area contributed by atoms with Crippen molar-refractivity contribution in [3.8, 4) is 5.69 Å². The van der Waals surface area contributed by atoms with Gasteiger partial charge in [-0.2, -0.15) is 9.40 Å². The maximum Gasteiger partial charge on any atom is 0.248 e. The zero-order valence-corrected chi connectivity index (χ0v) is 16.8. The Balaban J connectivity index is 1.58. The van der Waals surface area contributed by atoms with Gasteiger partial charge in [-0.1, -0.05) is 24.8 Å². The topological polar surface area (TPSA) is 84.3 Å². The van der Waals surface area contributed by atoms with Gasteiger partial charge < -0.3 is 5.32 Å². The first-order valence-corrected chi connectivity index (χ1v) is 10.8. The lowest BCUT2D eigenvalue weighted by Gasteiger charge is -2.15. The predicted octanol–water partition coefficient (Wildman–Crippen LogP) is 3.07. The van der Waals surface area contributed by atoms with Gasteiger partial charge in [0.05, 0.1) is 22.6 Å². The van der Waals surface area contributed by atoms with Crippen LogP contribution in [0.1, 0.15) is 16.1 Å². The summed E-state index contributed by atoms with van der Waals surface area (Å²) in [5.74, 6) is -0.284. The maximum absolute atomic E-state index is 13.2. The van der Waals surface area contributed by atoms with Crippen LogP contribution in [0, 0.1) is 6.92 Å². The minimum Gasteiger partial charge on any atom is -0.314 e. The second-order valence-corrected chi connectivity index (χ2v) is 9.41. The molecule has 3 heterocycles. The third-order valence-electron chi connectivity index (χ3n) is 4.58. The number of aromatic nitrogens is 2. The van der Waals surface area contributed by atoms with Crippen LogP contribution in [-0.2, 0) is 27.9 Å². The quantitative estimate of drug-likeness (QED) is 0.651. The highest BCUT2D eigenvalue weighted by Crippen LogP contribution is 2.37. The van der Waals surface area contributed by atoms with Crippen LogP contribution in [-0.4, -0.2) is 28.4 Å². The van der Waals surface area contributed by atoms with Crippen LogP contribution in [0.25, 0.3) is 5.69 Å². The van der Waals surface area contributed by atoms with Crippen LogP contribution in [0.15, 0.2) is 60.1 Å². The highest BCUT2D eigenvalue weighted by molar-refractivity contribution is 7.89. The third kappa shape index (κ3) is 3.17. The van der Waals surface area contributed by atoms with E-state index in [9.17, 15) is 13.2 Å².